The predicted molar refractivity (Wildman–Crippen MR) is 102 cm³/mol. The summed E-state index contributed by atoms with van der Waals surface area (Å²) in [5.74, 6) is -0.0615. The van der Waals surface area contributed by atoms with Gasteiger partial charge in [-0.3, -0.25) is 4.79 Å². The van der Waals surface area contributed by atoms with E-state index in [1.165, 1.54) is 26.1 Å². The highest BCUT2D eigenvalue weighted by atomic mass is 79.9. The van der Waals surface area contributed by atoms with Crippen LogP contribution < -0.4 is 0 Å². The van der Waals surface area contributed by atoms with Crippen molar-refractivity contribution in [2.75, 3.05) is 13.1 Å². The molecule has 0 N–H and O–H groups in total. The van der Waals surface area contributed by atoms with Crippen LogP contribution in [0.5, 0.6) is 0 Å². The van der Waals surface area contributed by atoms with Crippen LogP contribution in [-0.2, 0) is 27.8 Å². The summed E-state index contributed by atoms with van der Waals surface area (Å²) in [6, 6.07) is 4.81. The highest BCUT2D eigenvalue weighted by molar-refractivity contribution is 9.11. The van der Waals surface area contributed by atoms with Crippen molar-refractivity contribution in [3.8, 4) is 0 Å². The Labute approximate surface area is 163 Å². The fourth-order valence-corrected chi connectivity index (χ4v) is 8.15. The third-order valence-corrected chi connectivity index (χ3v) is 9.74. The summed E-state index contributed by atoms with van der Waals surface area (Å²) >= 11 is 6.23. The summed E-state index contributed by atoms with van der Waals surface area (Å²) in [5.41, 5.74) is 1.19. The van der Waals surface area contributed by atoms with Gasteiger partial charge in [0, 0.05) is 24.5 Å². The molecule has 0 aliphatic carbocycles. The summed E-state index contributed by atoms with van der Waals surface area (Å²) in [7, 11) is -3.62. The summed E-state index contributed by atoms with van der Waals surface area (Å²) in [6.07, 6.45) is 2.17. The molecule has 1 amide bonds. The zero-order chi connectivity index (χ0) is 17.6. The van der Waals surface area contributed by atoms with Gasteiger partial charge in [-0.1, -0.05) is 0 Å². The van der Waals surface area contributed by atoms with Gasteiger partial charge >= 0.3 is 0 Å². The van der Waals surface area contributed by atoms with Crippen molar-refractivity contribution < 1.29 is 13.2 Å². The minimum Gasteiger partial charge on any atom is -0.337 e. The maximum Gasteiger partial charge on any atom is 0.253 e. The van der Waals surface area contributed by atoms with E-state index < -0.39 is 16.1 Å². The van der Waals surface area contributed by atoms with Crippen LogP contribution in [0.15, 0.2) is 31.6 Å². The van der Waals surface area contributed by atoms with Gasteiger partial charge in [0.1, 0.15) is 10.3 Å². The van der Waals surface area contributed by atoms with E-state index >= 15 is 0 Å². The SMILES string of the molecule is O=C([C@@H]1CCCN1S(=O)(=O)c1ccc(Br)s1)N1CCc2sccc2C1. The molecule has 1 atom stereocenters. The predicted octanol–water partition coefficient (Wildman–Crippen LogP) is 3.31. The van der Waals surface area contributed by atoms with Crippen molar-refractivity contribution in [1.29, 1.82) is 0 Å². The molecule has 1 saturated heterocycles. The number of thiophene rings is 2. The normalized spacial score (nSPS) is 21.5. The van der Waals surface area contributed by atoms with Gasteiger partial charge < -0.3 is 4.90 Å². The van der Waals surface area contributed by atoms with E-state index in [0.29, 0.717) is 26.1 Å². The second-order valence-electron chi connectivity index (χ2n) is 6.21. The molecule has 4 rings (SSSR count). The van der Waals surface area contributed by atoms with Gasteiger partial charge in [-0.15, -0.1) is 22.7 Å². The second kappa shape index (κ2) is 6.77. The molecule has 0 unspecified atom stereocenters. The molecule has 1 fully saturated rings. The zero-order valence-corrected chi connectivity index (χ0v) is 17.4. The maximum absolute atomic E-state index is 13.0. The van der Waals surface area contributed by atoms with Crippen molar-refractivity contribution in [3.63, 3.8) is 0 Å². The Kier molecular flexibility index (Phi) is 4.78. The molecule has 2 aliphatic rings. The molecule has 5 nitrogen and oxygen atoms in total. The fourth-order valence-electron chi connectivity index (χ4n) is 3.47. The Bertz CT molecular complexity index is 905. The summed E-state index contributed by atoms with van der Waals surface area (Å²) < 4.78 is 28.4. The van der Waals surface area contributed by atoms with Crippen LogP contribution in [0.2, 0.25) is 0 Å². The standard InChI is InChI=1S/C16H17BrN2O3S3/c17-14-3-4-15(24-14)25(21,22)19-7-1-2-12(19)16(20)18-8-5-13-11(10-18)6-9-23-13/h3-4,6,9,12H,1-2,5,7-8,10H2/t12-/m0/s1. The monoisotopic (exact) mass is 460 g/mol. The third kappa shape index (κ3) is 3.21. The first-order chi connectivity index (χ1) is 12.0. The van der Waals surface area contributed by atoms with Crippen molar-refractivity contribution >= 4 is 54.5 Å². The Balaban J connectivity index is 1.56. The van der Waals surface area contributed by atoms with Crippen molar-refractivity contribution in [1.82, 2.24) is 9.21 Å². The van der Waals surface area contributed by atoms with Gasteiger partial charge in [0.2, 0.25) is 5.91 Å². The van der Waals surface area contributed by atoms with Gasteiger partial charge in [0.15, 0.2) is 0 Å². The smallest absolute Gasteiger partial charge is 0.253 e. The molecule has 0 aromatic carbocycles. The number of hydrogen-bond acceptors (Lipinski definition) is 5. The number of hydrogen-bond donors (Lipinski definition) is 0. The van der Waals surface area contributed by atoms with Crippen LogP contribution in [0, 0.1) is 0 Å². The molecule has 9 heteroatoms. The van der Waals surface area contributed by atoms with Crippen molar-refractivity contribution in [2.24, 2.45) is 0 Å². The van der Waals surface area contributed by atoms with Crippen LogP contribution in [-0.4, -0.2) is 42.7 Å². The minimum absolute atomic E-state index is 0.0615. The number of sulfonamides is 1. The number of halogens is 1. The fraction of sp³-hybridized carbons (Fsp3) is 0.438. The molecule has 0 radical (unpaired) electrons. The summed E-state index contributed by atoms with van der Waals surface area (Å²) in [6.45, 7) is 1.67. The van der Waals surface area contributed by atoms with E-state index in [9.17, 15) is 13.2 Å². The number of amides is 1. The summed E-state index contributed by atoms with van der Waals surface area (Å²) in [4.78, 5) is 16.2. The number of fused-ring (bicyclic) bond motifs is 1. The molecule has 134 valence electrons. The van der Waals surface area contributed by atoms with Crippen molar-refractivity contribution in [2.45, 2.75) is 36.1 Å². The van der Waals surface area contributed by atoms with E-state index in [4.69, 9.17) is 0 Å². The van der Waals surface area contributed by atoms with E-state index in [1.807, 2.05) is 4.90 Å². The molecule has 4 heterocycles. The number of nitrogens with zero attached hydrogens (tertiary/aromatic N) is 2. The van der Waals surface area contributed by atoms with Gasteiger partial charge in [-0.2, -0.15) is 4.31 Å². The molecule has 2 aromatic rings. The lowest BCUT2D eigenvalue weighted by Crippen LogP contribution is -2.48. The Morgan fingerprint density at radius 1 is 1.24 bits per heavy atom. The maximum atomic E-state index is 13.0. The molecule has 0 bridgehead atoms. The molecular formula is C16H17BrN2O3S3. The lowest BCUT2D eigenvalue weighted by atomic mass is 10.1. The highest BCUT2D eigenvalue weighted by Crippen LogP contribution is 2.33. The number of carbonyl (C=O) groups excluding carboxylic acids is 1. The minimum atomic E-state index is -3.62. The van der Waals surface area contributed by atoms with Gasteiger partial charge in [-0.05, 0) is 64.3 Å². The van der Waals surface area contributed by atoms with Crippen LogP contribution in [0.25, 0.3) is 0 Å². The quantitative estimate of drug-likeness (QED) is 0.705. The van der Waals surface area contributed by atoms with E-state index in [-0.39, 0.29) is 10.1 Å². The lowest BCUT2D eigenvalue weighted by molar-refractivity contribution is -0.135. The second-order valence-corrected chi connectivity index (χ2v) is 11.8. The van der Waals surface area contributed by atoms with Gasteiger partial charge in [0.05, 0.1) is 3.79 Å². The first-order valence-corrected chi connectivity index (χ1v) is 12.0. The average Bonchev–Trinajstić information content (AvgIpc) is 3.33. The molecule has 0 spiro atoms. The highest BCUT2D eigenvalue weighted by Gasteiger charge is 2.42. The number of rotatable bonds is 3. The summed E-state index contributed by atoms with van der Waals surface area (Å²) in [5, 5.41) is 2.06. The molecule has 2 aliphatic heterocycles. The van der Waals surface area contributed by atoms with E-state index in [2.05, 4.69) is 27.4 Å². The average molecular weight is 461 g/mol. The Morgan fingerprint density at radius 2 is 2.08 bits per heavy atom. The van der Waals surface area contributed by atoms with Crippen molar-refractivity contribution in [3.05, 3.63) is 37.8 Å². The van der Waals surface area contributed by atoms with Gasteiger partial charge in [0.25, 0.3) is 10.0 Å². The first-order valence-electron chi connectivity index (χ1n) is 8.08. The van der Waals surface area contributed by atoms with Crippen LogP contribution >= 0.6 is 38.6 Å². The molecule has 0 saturated carbocycles. The van der Waals surface area contributed by atoms with Crippen LogP contribution in [0.4, 0.5) is 0 Å². The Morgan fingerprint density at radius 3 is 2.84 bits per heavy atom. The largest absolute Gasteiger partial charge is 0.337 e. The lowest BCUT2D eigenvalue weighted by Gasteiger charge is -2.32. The molecule has 25 heavy (non-hydrogen) atoms. The zero-order valence-electron chi connectivity index (χ0n) is 13.4. The molecular weight excluding hydrogens is 444 g/mol. The van der Waals surface area contributed by atoms with E-state index in [1.54, 1.807) is 23.5 Å². The number of carbonyl (C=O) groups is 1. The van der Waals surface area contributed by atoms with Crippen LogP contribution in [0.3, 0.4) is 0 Å². The van der Waals surface area contributed by atoms with Crippen LogP contribution in [0.1, 0.15) is 23.3 Å². The van der Waals surface area contributed by atoms with Gasteiger partial charge in [-0.25, -0.2) is 8.42 Å². The topological polar surface area (TPSA) is 57.7 Å². The molecule has 2 aromatic heterocycles. The Hall–Kier alpha value is -0.740. The first kappa shape index (κ1) is 17.7. The third-order valence-electron chi connectivity index (χ3n) is 4.72. The van der Waals surface area contributed by atoms with E-state index in [0.717, 1.165) is 16.6 Å².